The van der Waals surface area contributed by atoms with Gasteiger partial charge < -0.3 is 10.6 Å². The lowest BCUT2D eigenvalue weighted by molar-refractivity contribution is 0.0663. The average molecular weight is 481 g/mol. The van der Waals surface area contributed by atoms with E-state index in [0.29, 0.717) is 27.5 Å². The third kappa shape index (κ3) is 4.38. The number of aromatic nitrogens is 6. The molecule has 3 aromatic heterocycles. The van der Waals surface area contributed by atoms with Crippen LogP contribution in [0.2, 0.25) is 0 Å². The molecule has 0 fully saturated rings. The van der Waals surface area contributed by atoms with Crippen molar-refractivity contribution in [2.45, 2.75) is 26.4 Å². The molecule has 1 amide bonds. The number of amides is 1. The molecule has 0 aliphatic carbocycles. The summed E-state index contributed by atoms with van der Waals surface area (Å²) in [6, 6.07) is 10.6. The third-order valence-corrected chi connectivity index (χ3v) is 5.45. The zero-order valence-corrected chi connectivity index (χ0v) is 18.9. The van der Waals surface area contributed by atoms with Crippen molar-refractivity contribution < 1.29 is 4.79 Å². The Kier molecular flexibility index (Phi) is 5.64. The van der Waals surface area contributed by atoms with E-state index in [1.54, 1.807) is 41.2 Å². The number of nitrogens with two attached hydrogens (primary N) is 1. The molecule has 1 unspecified atom stereocenters. The standard InChI is InChI=1S/C21H21BrN8O/c1-12-8-15-9-14(4-6-17(15)25-19(12)23)21(31)30(10-16-5-7-18(22)27-26-16)13(2)20-24-11-29(3)28-20/h4-9,11,13H,10H2,1-3H3,(H2,23,25). The maximum Gasteiger partial charge on any atom is 0.254 e. The molecule has 2 N–H and O–H groups in total. The van der Waals surface area contributed by atoms with Gasteiger partial charge >= 0.3 is 0 Å². The van der Waals surface area contributed by atoms with E-state index in [-0.39, 0.29) is 18.5 Å². The molecular formula is C21H21BrN8O. The summed E-state index contributed by atoms with van der Waals surface area (Å²) in [6.45, 7) is 4.05. The van der Waals surface area contributed by atoms with Gasteiger partial charge in [-0.15, -0.1) is 5.10 Å². The van der Waals surface area contributed by atoms with E-state index in [9.17, 15) is 4.79 Å². The summed E-state index contributed by atoms with van der Waals surface area (Å²) in [5.41, 5.74) is 8.71. The number of carbonyl (C=O) groups is 1. The number of fused-ring (bicyclic) bond motifs is 1. The van der Waals surface area contributed by atoms with Crippen LogP contribution in [0.5, 0.6) is 0 Å². The molecule has 1 aromatic carbocycles. The molecule has 1 atom stereocenters. The Labute approximate surface area is 187 Å². The summed E-state index contributed by atoms with van der Waals surface area (Å²) < 4.78 is 2.24. The highest BCUT2D eigenvalue weighted by molar-refractivity contribution is 9.10. The minimum Gasteiger partial charge on any atom is -0.383 e. The highest BCUT2D eigenvalue weighted by Gasteiger charge is 2.26. The second-order valence-electron chi connectivity index (χ2n) is 7.33. The van der Waals surface area contributed by atoms with Gasteiger partial charge in [0.2, 0.25) is 0 Å². The Bertz CT molecular complexity index is 1250. The van der Waals surface area contributed by atoms with Crippen molar-refractivity contribution in [2.75, 3.05) is 5.73 Å². The van der Waals surface area contributed by atoms with E-state index in [0.717, 1.165) is 16.5 Å². The van der Waals surface area contributed by atoms with Gasteiger partial charge in [-0.1, -0.05) is 0 Å². The van der Waals surface area contributed by atoms with Crippen LogP contribution in [0, 0.1) is 6.92 Å². The van der Waals surface area contributed by atoms with Gasteiger partial charge in [-0.25, -0.2) is 9.97 Å². The predicted octanol–water partition coefficient (Wildman–Crippen LogP) is 3.21. The van der Waals surface area contributed by atoms with Crippen molar-refractivity contribution in [1.29, 1.82) is 0 Å². The number of carbonyl (C=O) groups excluding carboxylic acids is 1. The largest absolute Gasteiger partial charge is 0.383 e. The molecular weight excluding hydrogens is 460 g/mol. The van der Waals surface area contributed by atoms with E-state index in [2.05, 4.69) is 41.2 Å². The lowest BCUT2D eigenvalue weighted by Gasteiger charge is -2.27. The van der Waals surface area contributed by atoms with Gasteiger partial charge in [-0.2, -0.15) is 10.2 Å². The Morgan fingerprint density at radius 1 is 1.23 bits per heavy atom. The smallest absolute Gasteiger partial charge is 0.254 e. The van der Waals surface area contributed by atoms with Gasteiger partial charge in [0.15, 0.2) is 5.82 Å². The zero-order chi connectivity index (χ0) is 22.1. The second-order valence-corrected chi connectivity index (χ2v) is 8.14. The summed E-state index contributed by atoms with van der Waals surface area (Å²) in [7, 11) is 1.79. The van der Waals surface area contributed by atoms with E-state index < -0.39 is 0 Å². The molecule has 0 aliphatic rings. The first-order chi connectivity index (χ1) is 14.8. The first-order valence-corrected chi connectivity index (χ1v) is 10.4. The second kappa shape index (κ2) is 8.38. The molecule has 0 saturated heterocycles. The lowest BCUT2D eigenvalue weighted by atomic mass is 10.1. The SMILES string of the molecule is Cc1cc2cc(C(=O)N(Cc3ccc(Br)nn3)C(C)c3ncn(C)n3)ccc2nc1N. The number of hydrogen-bond donors (Lipinski definition) is 1. The van der Waals surface area contributed by atoms with Crippen LogP contribution in [0.1, 0.15) is 40.4 Å². The van der Waals surface area contributed by atoms with Crippen molar-refractivity contribution in [3.63, 3.8) is 0 Å². The minimum absolute atomic E-state index is 0.166. The normalized spacial score (nSPS) is 12.1. The molecule has 31 heavy (non-hydrogen) atoms. The van der Waals surface area contributed by atoms with Gasteiger partial charge in [0.05, 0.1) is 23.8 Å². The van der Waals surface area contributed by atoms with Crippen molar-refractivity contribution >= 4 is 38.6 Å². The molecule has 0 spiro atoms. The highest BCUT2D eigenvalue weighted by atomic mass is 79.9. The van der Waals surface area contributed by atoms with Crippen molar-refractivity contribution in [1.82, 2.24) is 34.8 Å². The van der Waals surface area contributed by atoms with Gasteiger partial charge in [-0.3, -0.25) is 9.48 Å². The fourth-order valence-electron chi connectivity index (χ4n) is 3.27. The number of rotatable bonds is 5. The predicted molar refractivity (Wildman–Crippen MR) is 120 cm³/mol. The number of benzene rings is 1. The number of anilines is 1. The van der Waals surface area contributed by atoms with Crippen molar-refractivity contribution in [2.24, 2.45) is 7.05 Å². The highest BCUT2D eigenvalue weighted by Crippen LogP contribution is 2.25. The van der Waals surface area contributed by atoms with Crippen LogP contribution in [0.3, 0.4) is 0 Å². The summed E-state index contributed by atoms with van der Waals surface area (Å²) >= 11 is 3.29. The number of nitrogens with zero attached hydrogens (tertiary/aromatic N) is 7. The first-order valence-electron chi connectivity index (χ1n) is 9.63. The summed E-state index contributed by atoms with van der Waals surface area (Å²) in [5.74, 6) is 0.866. The summed E-state index contributed by atoms with van der Waals surface area (Å²) in [4.78, 5) is 24.0. The van der Waals surface area contributed by atoms with Crippen LogP contribution in [-0.4, -0.2) is 40.8 Å². The molecule has 4 rings (SSSR count). The molecule has 3 heterocycles. The Hall–Kier alpha value is -3.40. The Morgan fingerprint density at radius 3 is 2.71 bits per heavy atom. The maximum atomic E-state index is 13.6. The van der Waals surface area contributed by atoms with E-state index in [4.69, 9.17) is 5.73 Å². The zero-order valence-electron chi connectivity index (χ0n) is 17.3. The van der Waals surface area contributed by atoms with Crippen molar-refractivity contribution in [3.05, 3.63) is 70.0 Å². The monoisotopic (exact) mass is 480 g/mol. The quantitative estimate of drug-likeness (QED) is 0.465. The first kappa shape index (κ1) is 20.9. The van der Waals surface area contributed by atoms with Crippen molar-refractivity contribution in [3.8, 4) is 0 Å². The number of nitrogen functional groups attached to an aromatic ring is 1. The van der Waals surface area contributed by atoms with Crippen LogP contribution < -0.4 is 5.73 Å². The molecule has 0 saturated carbocycles. The molecule has 4 aromatic rings. The van der Waals surface area contributed by atoms with Crippen LogP contribution >= 0.6 is 15.9 Å². The molecule has 9 nitrogen and oxygen atoms in total. The molecule has 0 bridgehead atoms. The van der Waals surface area contributed by atoms with E-state index in [1.807, 2.05) is 32.0 Å². The topological polar surface area (TPSA) is 116 Å². The molecule has 10 heteroatoms. The van der Waals surface area contributed by atoms with Crippen LogP contribution in [0.4, 0.5) is 5.82 Å². The Balaban J connectivity index is 1.72. The van der Waals surface area contributed by atoms with Crippen LogP contribution in [0.25, 0.3) is 10.9 Å². The van der Waals surface area contributed by atoms with Crippen LogP contribution in [0.15, 0.2) is 47.3 Å². The van der Waals surface area contributed by atoms with Gasteiger partial charge in [0.25, 0.3) is 5.91 Å². The van der Waals surface area contributed by atoms with Gasteiger partial charge in [-0.05, 0) is 71.7 Å². The number of pyridine rings is 1. The lowest BCUT2D eigenvalue weighted by Crippen LogP contribution is -2.34. The summed E-state index contributed by atoms with van der Waals surface area (Å²) in [5, 5.41) is 13.4. The van der Waals surface area contributed by atoms with E-state index >= 15 is 0 Å². The van der Waals surface area contributed by atoms with E-state index in [1.165, 1.54) is 0 Å². The average Bonchev–Trinajstić information content (AvgIpc) is 3.19. The number of aryl methyl sites for hydroxylation is 2. The summed E-state index contributed by atoms with van der Waals surface area (Å²) in [6.07, 6.45) is 1.61. The van der Waals surface area contributed by atoms with Gasteiger partial charge in [0, 0.05) is 18.0 Å². The van der Waals surface area contributed by atoms with Gasteiger partial charge in [0.1, 0.15) is 16.7 Å². The fraction of sp³-hybridized carbons (Fsp3) is 0.238. The van der Waals surface area contributed by atoms with Crippen LogP contribution in [-0.2, 0) is 13.6 Å². The minimum atomic E-state index is -0.374. The molecule has 158 valence electrons. The third-order valence-electron chi connectivity index (χ3n) is 5.03. The Morgan fingerprint density at radius 2 is 2.03 bits per heavy atom. The molecule has 0 radical (unpaired) electrons. The maximum absolute atomic E-state index is 13.6. The number of hydrogen-bond acceptors (Lipinski definition) is 7. The molecule has 0 aliphatic heterocycles. The number of halogens is 1. The fourth-order valence-corrected chi connectivity index (χ4v) is 3.48.